The fourth-order valence-corrected chi connectivity index (χ4v) is 2.46. The van der Waals surface area contributed by atoms with Gasteiger partial charge in [-0.1, -0.05) is 23.2 Å². The molecule has 0 fully saturated rings. The SMILES string of the molecule is Cc1cc(C#N)c(C)n1-c1cc(Cl)cc(Cl)c1. The minimum Gasteiger partial charge on any atom is -0.317 e. The average Bonchev–Trinajstić information content (AvgIpc) is 2.52. The maximum Gasteiger partial charge on any atom is 0.101 e. The van der Waals surface area contributed by atoms with E-state index in [0.29, 0.717) is 15.6 Å². The minimum absolute atomic E-state index is 0.582. The third-order valence-corrected chi connectivity index (χ3v) is 3.09. The van der Waals surface area contributed by atoms with Crippen molar-refractivity contribution in [2.24, 2.45) is 0 Å². The molecule has 1 heterocycles. The van der Waals surface area contributed by atoms with Gasteiger partial charge in [0.05, 0.1) is 5.56 Å². The molecule has 0 saturated carbocycles. The first-order chi connectivity index (χ1) is 8.02. The Morgan fingerprint density at radius 2 is 1.65 bits per heavy atom. The van der Waals surface area contributed by atoms with Crippen LogP contribution in [-0.2, 0) is 0 Å². The Bertz CT molecular complexity index is 601. The molecule has 2 rings (SSSR count). The molecule has 0 amide bonds. The number of hydrogen-bond donors (Lipinski definition) is 0. The van der Waals surface area contributed by atoms with Crippen molar-refractivity contribution in [2.45, 2.75) is 13.8 Å². The van der Waals surface area contributed by atoms with Gasteiger partial charge in [-0.05, 0) is 38.1 Å². The normalized spacial score (nSPS) is 10.3. The van der Waals surface area contributed by atoms with Gasteiger partial charge in [0.1, 0.15) is 6.07 Å². The van der Waals surface area contributed by atoms with E-state index >= 15 is 0 Å². The summed E-state index contributed by atoms with van der Waals surface area (Å²) in [5, 5.41) is 10.2. The van der Waals surface area contributed by atoms with Gasteiger partial charge in [0.2, 0.25) is 0 Å². The monoisotopic (exact) mass is 264 g/mol. The third kappa shape index (κ3) is 2.17. The molecule has 0 spiro atoms. The van der Waals surface area contributed by atoms with Crippen LogP contribution >= 0.6 is 23.2 Å². The first kappa shape index (κ1) is 12.0. The van der Waals surface area contributed by atoms with Gasteiger partial charge in [0, 0.05) is 27.1 Å². The molecule has 0 N–H and O–H groups in total. The van der Waals surface area contributed by atoms with Crippen LogP contribution in [0.1, 0.15) is 17.0 Å². The van der Waals surface area contributed by atoms with Gasteiger partial charge in [-0.3, -0.25) is 0 Å². The molecule has 0 radical (unpaired) electrons. The molecule has 1 aromatic carbocycles. The molecular formula is C13H10Cl2N2. The summed E-state index contributed by atoms with van der Waals surface area (Å²) in [5.74, 6) is 0. The highest BCUT2D eigenvalue weighted by Crippen LogP contribution is 2.26. The number of hydrogen-bond acceptors (Lipinski definition) is 1. The summed E-state index contributed by atoms with van der Waals surface area (Å²) in [6, 6.07) is 9.36. The van der Waals surface area contributed by atoms with Crippen molar-refractivity contribution in [3.63, 3.8) is 0 Å². The third-order valence-electron chi connectivity index (χ3n) is 2.66. The van der Waals surface area contributed by atoms with E-state index in [4.69, 9.17) is 28.5 Å². The van der Waals surface area contributed by atoms with Gasteiger partial charge >= 0.3 is 0 Å². The minimum atomic E-state index is 0.582. The van der Waals surface area contributed by atoms with Crippen LogP contribution in [0.2, 0.25) is 10.0 Å². The number of benzene rings is 1. The highest BCUT2D eigenvalue weighted by Gasteiger charge is 2.11. The van der Waals surface area contributed by atoms with Gasteiger partial charge in [-0.25, -0.2) is 0 Å². The summed E-state index contributed by atoms with van der Waals surface area (Å²) in [4.78, 5) is 0. The summed E-state index contributed by atoms with van der Waals surface area (Å²) < 4.78 is 1.97. The number of aromatic nitrogens is 1. The molecule has 0 aliphatic heterocycles. The zero-order valence-electron chi connectivity index (χ0n) is 9.46. The van der Waals surface area contributed by atoms with Crippen LogP contribution in [-0.4, -0.2) is 4.57 Å². The molecule has 0 aliphatic rings. The van der Waals surface area contributed by atoms with Crippen molar-refractivity contribution in [3.05, 3.63) is 51.3 Å². The average molecular weight is 265 g/mol. The quantitative estimate of drug-likeness (QED) is 0.756. The smallest absolute Gasteiger partial charge is 0.101 e. The number of nitrogens with zero attached hydrogens (tertiary/aromatic N) is 2. The molecule has 0 aliphatic carbocycles. The van der Waals surface area contributed by atoms with Gasteiger partial charge < -0.3 is 4.57 Å². The highest BCUT2D eigenvalue weighted by atomic mass is 35.5. The lowest BCUT2D eigenvalue weighted by Crippen LogP contribution is -1.99. The van der Waals surface area contributed by atoms with Crippen molar-refractivity contribution >= 4 is 23.2 Å². The van der Waals surface area contributed by atoms with Crippen LogP contribution < -0.4 is 0 Å². The van der Waals surface area contributed by atoms with E-state index < -0.39 is 0 Å². The summed E-state index contributed by atoms with van der Waals surface area (Å²) in [6.45, 7) is 3.85. The van der Waals surface area contributed by atoms with E-state index in [1.807, 2.05) is 36.6 Å². The van der Waals surface area contributed by atoms with Crippen molar-refractivity contribution < 1.29 is 0 Å². The molecule has 4 heteroatoms. The van der Waals surface area contributed by atoms with Crippen LogP contribution in [0.5, 0.6) is 0 Å². The van der Waals surface area contributed by atoms with Crippen molar-refractivity contribution in [2.75, 3.05) is 0 Å². The lowest BCUT2D eigenvalue weighted by Gasteiger charge is -2.10. The fraction of sp³-hybridized carbons (Fsp3) is 0.154. The molecule has 17 heavy (non-hydrogen) atoms. The van der Waals surface area contributed by atoms with Crippen LogP contribution in [0.25, 0.3) is 5.69 Å². The molecular weight excluding hydrogens is 255 g/mol. The van der Waals surface area contributed by atoms with Gasteiger partial charge in [0.25, 0.3) is 0 Å². The van der Waals surface area contributed by atoms with E-state index in [9.17, 15) is 0 Å². The predicted octanol–water partition coefficient (Wildman–Crippen LogP) is 4.27. The standard InChI is InChI=1S/C13H10Cl2N2/c1-8-3-10(7-16)9(2)17(8)13-5-11(14)4-12(15)6-13/h3-6H,1-2H3. The van der Waals surface area contributed by atoms with Gasteiger partial charge in [0.15, 0.2) is 0 Å². The Hall–Kier alpha value is -1.43. The largest absolute Gasteiger partial charge is 0.317 e. The number of aryl methyl sites for hydroxylation is 1. The Kier molecular flexibility index (Phi) is 3.15. The highest BCUT2D eigenvalue weighted by molar-refractivity contribution is 6.34. The Labute approximate surface area is 110 Å². The van der Waals surface area contributed by atoms with E-state index in [1.165, 1.54) is 0 Å². The van der Waals surface area contributed by atoms with Crippen LogP contribution in [0.15, 0.2) is 24.3 Å². The molecule has 86 valence electrons. The van der Waals surface area contributed by atoms with Crippen LogP contribution in [0, 0.1) is 25.2 Å². The van der Waals surface area contributed by atoms with Crippen LogP contribution in [0.4, 0.5) is 0 Å². The van der Waals surface area contributed by atoms with Gasteiger partial charge in [-0.2, -0.15) is 5.26 Å². The first-order valence-electron chi connectivity index (χ1n) is 5.08. The maximum atomic E-state index is 9.00. The molecule has 0 saturated heterocycles. The lowest BCUT2D eigenvalue weighted by molar-refractivity contribution is 0.964. The van der Waals surface area contributed by atoms with Crippen LogP contribution in [0.3, 0.4) is 0 Å². The summed E-state index contributed by atoms with van der Waals surface area (Å²) in [5.41, 5.74) is 3.42. The summed E-state index contributed by atoms with van der Waals surface area (Å²) in [7, 11) is 0. The molecule has 2 nitrogen and oxygen atoms in total. The molecule has 2 aromatic rings. The predicted molar refractivity (Wildman–Crippen MR) is 70.0 cm³/mol. The summed E-state index contributed by atoms with van der Waals surface area (Å²) >= 11 is 12.0. The van der Waals surface area contributed by atoms with Crippen molar-refractivity contribution in [1.82, 2.24) is 4.57 Å². The van der Waals surface area contributed by atoms with E-state index in [-0.39, 0.29) is 0 Å². The van der Waals surface area contributed by atoms with Crippen molar-refractivity contribution in [3.8, 4) is 11.8 Å². The fourth-order valence-electron chi connectivity index (χ4n) is 1.94. The molecule has 1 aromatic heterocycles. The molecule has 0 bridgehead atoms. The van der Waals surface area contributed by atoms with E-state index in [0.717, 1.165) is 17.1 Å². The second-order valence-corrected chi connectivity index (χ2v) is 4.73. The molecule has 0 unspecified atom stereocenters. The zero-order valence-corrected chi connectivity index (χ0v) is 11.0. The van der Waals surface area contributed by atoms with E-state index in [2.05, 4.69) is 6.07 Å². The Balaban J connectivity index is 2.69. The Morgan fingerprint density at radius 1 is 1.06 bits per heavy atom. The Morgan fingerprint density at radius 3 is 2.12 bits per heavy atom. The first-order valence-corrected chi connectivity index (χ1v) is 5.84. The lowest BCUT2D eigenvalue weighted by atomic mass is 10.2. The van der Waals surface area contributed by atoms with Gasteiger partial charge in [-0.15, -0.1) is 0 Å². The second-order valence-electron chi connectivity index (χ2n) is 3.86. The number of nitriles is 1. The second kappa shape index (κ2) is 4.44. The maximum absolute atomic E-state index is 9.00. The summed E-state index contributed by atoms with van der Waals surface area (Å²) in [6.07, 6.45) is 0. The van der Waals surface area contributed by atoms with Crippen molar-refractivity contribution in [1.29, 1.82) is 5.26 Å². The van der Waals surface area contributed by atoms with E-state index in [1.54, 1.807) is 6.07 Å². The zero-order chi connectivity index (χ0) is 12.6. The number of halogens is 2. The molecule has 0 atom stereocenters. The number of rotatable bonds is 1. The topological polar surface area (TPSA) is 28.7 Å².